The van der Waals surface area contributed by atoms with Crippen molar-refractivity contribution < 1.29 is 14.3 Å². The first-order valence-electron chi connectivity index (χ1n) is 5.56. The third-order valence-corrected chi connectivity index (χ3v) is 3.25. The second kappa shape index (κ2) is 3.97. The predicted octanol–water partition coefficient (Wildman–Crippen LogP) is 1.92. The van der Waals surface area contributed by atoms with Gasteiger partial charge < -0.3 is 9.47 Å². The normalized spacial score (nSPS) is 38.0. The molecule has 0 aromatic rings. The summed E-state index contributed by atoms with van der Waals surface area (Å²) in [4.78, 5) is 11.2. The zero-order valence-electron chi connectivity index (χ0n) is 9.36. The fourth-order valence-corrected chi connectivity index (χ4v) is 2.38. The zero-order chi connectivity index (χ0) is 11.0. The third kappa shape index (κ3) is 2.40. The highest BCUT2D eigenvalue weighted by atomic mass is 16.6. The fourth-order valence-electron chi connectivity index (χ4n) is 2.38. The molecule has 0 bridgehead atoms. The van der Waals surface area contributed by atoms with E-state index in [-0.39, 0.29) is 5.97 Å². The maximum atomic E-state index is 11.2. The molecule has 2 fully saturated rings. The average Bonchev–Trinajstić information content (AvgIpc) is 2.93. The Morgan fingerprint density at radius 2 is 2.27 bits per heavy atom. The molecule has 1 saturated heterocycles. The highest BCUT2D eigenvalue weighted by Crippen LogP contribution is 2.43. The van der Waals surface area contributed by atoms with Crippen LogP contribution in [0.15, 0.2) is 12.2 Å². The van der Waals surface area contributed by atoms with Gasteiger partial charge in [0, 0.05) is 5.57 Å². The molecule has 0 aromatic heterocycles. The molecule has 0 amide bonds. The minimum absolute atomic E-state index is 0.276. The molecule has 2 rings (SSSR count). The Bertz CT molecular complexity index is 285. The first-order chi connectivity index (χ1) is 7.08. The van der Waals surface area contributed by atoms with Crippen molar-refractivity contribution in [3.63, 3.8) is 0 Å². The molecule has 3 heteroatoms. The molecule has 0 spiro atoms. The number of fused-ring (bicyclic) bond motifs is 1. The lowest BCUT2D eigenvalue weighted by Crippen LogP contribution is -2.25. The van der Waals surface area contributed by atoms with Crippen molar-refractivity contribution in [1.82, 2.24) is 0 Å². The Kier molecular flexibility index (Phi) is 2.83. The molecular weight excluding hydrogens is 192 g/mol. The molecule has 1 heterocycles. The van der Waals surface area contributed by atoms with E-state index in [9.17, 15) is 4.79 Å². The van der Waals surface area contributed by atoms with Crippen LogP contribution < -0.4 is 0 Å². The van der Waals surface area contributed by atoms with Gasteiger partial charge in [-0.05, 0) is 31.6 Å². The van der Waals surface area contributed by atoms with Crippen LogP contribution in [0.5, 0.6) is 0 Å². The summed E-state index contributed by atoms with van der Waals surface area (Å²) in [6.45, 7) is 7.95. The van der Waals surface area contributed by atoms with E-state index < -0.39 is 0 Å². The highest BCUT2D eigenvalue weighted by molar-refractivity contribution is 5.86. The number of rotatable bonds is 3. The maximum absolute atomic E-state index is 11.2. The predicted molar refractivity (Wildman–Crippen MR) is 56.3 cm³/mol. The number of hydrogen-bond donors (Lipinski definition) is 0. The number of esters is 1. The number of carbonyl (C=O) groups is 1. The lowest BCUT2D eigenvalue weighted by atomic mass is 9.83. The maximum Gasteiger partial charge on any atom is 0.333 e. The summed E-state index contributed by atoms with van der Waals surface area (Å²) < 4.78 is 10.7. The first-order valence-corrected chi connectivity index (χ1v) is 5.56. The van der Waals surface area contributed by atoms with E-state index in [0.29, 0.717) is 36.2 Å². The Hall–Kier alpha value is -0.830. The van der Waals surface area contributed by atoms with Gasteiger partial charge in [0.25, 0.3) is 0 Å². The van der Waals surface area contributed by atoms with Crippen LogP contribution in [0, 0.1) is 11.8 Å². The summed E-state index contributed by atoms with van der Waals surface area (Å²) in [5, 5.41) is 0. The van der Waals surface area contributed by atoms with E-state index in [4.69, 9.17) is 9.47 Å². The third-order valence-electron chi connectivity index (χ3n) is 3.25. The molecular formula is C12H18O3. The van der Waals surface area contributed by atoms with Gasteiger partial charge in [0.15, 0.2) is 0 Å². The van der Waals surface area contributed by atoms with E-state index >= 15 is 0 Å². The van der Waals surface area contributed by atoms with Crippen LogP contribution in [0.25, 0.3) is 0 Å². The van der Waals surface area contributed by atoms with Crippen LogP contribution in [-0.4, -0.2) is 24.8 Å². The summed E-state index contributed by atoms with van der Waals surface area (Å²) in [5.74, 6) is 0.797. The van der Waals surface area contributed by atoms with Crippen molar-refractivity contribution in [2.45, 2.75) is 38.9 Å². The molecule has 2 aliphatic rings. The standard InChI is InChI=1S/C12H18O3/c1-7(2)12(13)14-6-9-4-8(3)11-10(5-9)15-11/h8-11H,1,4-6H2,2-3H3. The topological polar surface area (TPSA) is 38.8 Å². The molecule has 1 saturated carbocycles. The van der Waals surface area contributed by atoms with E-state index in [1.807, 2.05) is 0 Å². The van der Waals surface area contributed by atoms with E-state index in [0.717, 1.165) is 12.8 Å². The SMILES string of the molecule is C=C(C)C(=O)OCC1CC(C)C2OC2C1. The van der Waals surface area contributed by atoms with Crippen molar-refractivity contribution >= 4 is 5.97 Å². The number of hydrogen-bond acceptors (Lipinski definition) is 3. The first kappa shape index (κ1) is 10.7. The molecule has 84 valence electrons. The highest BCUT2D eigenvalue weighted by Gasteiger charge is 2.48. The molecule has 0 radical (unpaired) electrons. The van der Waals surface area contributed by atoms with Crippen molar-refractivity contribution in [2.75, 3.05) is 6.61 Å². The molecule has 1 aliphatic carbocycles. The van der Waals surface area contributed by atoms with Gasteiger partial charge in [0.1, 0.15) is 0 Å². The minimum atomic E-state index is -0.276. The lowest BCUT2D eigenvalue weighted by Gasteiger charge is -2.23. The van der Waals surface area contributed by atoms with Crippen molar-refractivity contribution in [1.29, 1.82) is 0 Å². The van der Waals surface area contributed by atoms with Crippen molar-refractivity contribution in [3.05, 3.63) is 12.2 Å². The zero-order valence-corrected chi connectivity index (χ0v) is 9.36. The van der Waals surface area contributed by atoms with Gasteiger partial charge in [-0.1, -0.05) is 13.5 Å². The van der Waals surface area contributed by atoms with Crippen LogP contribution in [0.4, 0.5) is 0 Å². The van der Waals surface area contributed by atoms with Gasteiger partial charge in [-0.2, -0.15) is 0 Å². The largest absolute Gasteiger partial charge is 0.462 e. The van der Waals surface area contributed by atoms with Crippen LogP contribution in [-0.2, 0) is 14.3 Å². The smallest absolute Gasteiger partial charge is 0.333 e. The van der Waals surface area contributed by atoms with Gasteiger partial charge in [-0.15, -0.1) is 0 Å². The molecule has 0 aromatic carbocycles. The minimum Gasteiger partial charge on any atom is -0.462 e. The molecule has 4 unspecified atom stereocenters. The van der Waals surface area contributed by atoms with E-state index in [2.05, 4.69) is 13.5 Å². The van der Waals surface area contributed by atoms with Gasteiger partial charge >= 0.3 is 5.97 Å². The summed E-state index contributed by atoms with van der Waals surface area (Å²) in [6, 6.07) is 0. The Balaban J connectivity index is 1.75. The van der Waals surface area contributed by atoms with Gasteiger partial charge in [0.2, 0.25) is 0 Å². The van der Waals surface area contributed by atoms with Crippen LogP contribution >= 0.6 is 0 Å². The second-order valence-electron chi connectivity index (χ2n) is 4.83. The van der Waals surface area contributed by atoms with Crippen LogP contribution in [0.2, 0.25) is 0 Å². The average molecular weight is 210 g/mol. The quantitative estimate of drug-likeness (QED) is 0.406. The Morgan fingerprint density at radius 3 is 2.87 bits per heavy atom. The van der Waals surface area contributed by atoms with Gasteiger partial charge in [0.05, 0.1) is 18.8 Å². The fraction of sp³-hybridized carbons (Fsp3) is 0.750. The molecule has 15 heavy (non-hydrogen) atoms. The number of epoxide rings is 1. The Labute approximate surface area is 90.4 Å². The van der Waals surface area contributed by atoms with E-state index in [1.54, 1.807) is 6.92 Å². The van der Waals surface area contributed by atoms with Gasteiger partial charge in [-0.25, -0.2) is 4.79 Å². The van der Waals surface area contributed by atoms with Crippen LogP contribution in [0.3, 0.4) is 0 Å². The van der Waals surface area contributed by atoms with Crippen LogP contribution in [0.1, 0.15) is 26.7 Å². The molecule has 4 atom stereocenters. The molecule has 3 nitrogen and oxygen atoms in total. The molecule has 0 N–H and O–H groups in total. The second-order valence-corrected chi connectivity index (χ2v) is 4.83. The van der Waals surface area contributed by atoms with E-state index in [1.165, 1.54) is 0 Å². The summed E-state index contributed by atoms with van der Waals surface area (Å²) in [7, 11) is 0. The monoisotopic (exact) mass is 210 g/mol. The van der Waals surface area contributed by atoms with Gasteiger partial charge in [-0.3, -0.25) is 0 Å². The lowest BCUT2D eigenvalue weighted by molar-refractivity contribution is -0.140. The molecule has 1 aliphatic heterocycles. The van der Waals surface area contributed by atoms with Crippen molar-refractivity contribution in [2.24, 2.45) is 11.8 Å². The summed E-state index contributed by atoms with van der Waals surface area (Å²) in [6.07, 6.45) is 3.06. The van der Waals surface area contributed by atoms with Crippen molar-refractivity contribution in [3.8, 4) is 0 Å². The Morgan fingerprint density at radius 1 is 1.53 bits per heavy atom. The summed E-state index contributed by atoms with van der Waals surface area (Å²) >= 11 is 0. The number of ether oxygens (including phenoxy) is 2. The summed E-state index contributed by atoms with van der Waals surface area (Å²) in [5.41, 5.74) is 0.472. The number of carbonyl (C=O) groups excluding carboxylic acids is 1.